The first kappa shape index (κ1) is 30.6. The number of ether oxygens (including phenoxy) is 2. The predicted molar refractivity (Wildman–Crippen MR) is 175 cm³/mol. The first-order valence-electron chi connectivity index (χ1n) is 14.2. The maximum absolute atomic E-state index is 12.4. The van der Waals surface area contributed by atoms with Crippen molar-refractivity contribution < 1.29 is 14.3 Å². The molecule has 0 aliphatic carbocycles. The minimum atomic E-state index is -0.302. The molecule has 11 nitrogen and oxygen atoms in total. The molecule has 0 spiro atoms. The summed E-state index contributed by atoms with van der Waals surface area (Å²) < 4.78 is 11.6. The van der Waals surface area contributed by atoms with Gasteiger partial charge in [-0.15, -0.1) is 0 Å². The Balaban J connectivity index is 1.33. The van der Waals surface area contributed by atoms with Crippen molar-refractivity contribution in [3.8, 4) is 11.5 Å². The second kappa shape index (κ2) is 14.5. The van der Waals surface area contributed by atoms with Crippen molar-refractivity contribution in [2.75, 3.05) is 61.2 Å². The molecule has 0 saturated carbocycles. The molecule has 1 fully saturated rings. The van der Waals surface area contributed by atoms with Crippen LogP contribution in [-0.2, 0) is 11.4 Å². The number of benzene rings is 2. The molecule has 0 bridgehead atoms. The maximum atomic E-state index is 12.4. The Morgan fingerprint density at radius 3 is 2.66 bits per heavy atom. The second-order valence-electron chi connectivity index (χ2n) is 10.2. The van der Waals surface area contributed by atoms with Crippen LogP contribution in [0.25, 0.3) is 0 Å². The van der Waals surface area contributed by atoms with Crippen LogP contribution in [0.3, 0.4) is 0 Å². The summed E-state index contributed by atoms with van der Waals surface area (Å²) in [6, 6.07) is 16.6. The number of anilines is 6. The van der Waals surface area contributed by atoms with Gasteiger partial charge in [0.1, 0.15) is 23.9 Å². The van der Waals surface area contributed by atoms with Crippen molar-refractivity contribution in [3.05, 3.63) is 90.4 Å². The van der Waals surface area contributed by atoms with Gasteiger partial charge in [0, 0.05) is 43.8 Å². The molecule has 44 heavy (non-hydrogen) atoms. The molecular weight excluding hydrogens is 580 g/mol. The van der Waals surface area contributed by atoms with E-state index in [1.165, 1.54) is 6.08 Å². The lowest BCUT2D eigenvalue weighted by atomic mass is 10.1. The zero-order valence-electron chi connectivity index (χ0n) is 24.7. The molecule has 4 aromatic rings. The van der Waals surface area contributed by atoms with Gasteiger partial charge in [-0.05, 0) is 68.6 Å². The van der Waals surface area contributed by atoms with Gasteiger partial charge in [0.25, 0.3) is 0 Å². The summed E-state index contributed by atoms with van der Waals surface area (Å²) in [5.41, 5.74) is 3.64. The minimum Gasteiger partial charge on any atom is -0.494 e. The molecular formula is C32H35ClN8O3. The normalized spacial score (nSPS) is 13.5. The number of carbonyl (C=O) groups excluding carboxylic acids is 1. The fraction of sp³-hybridized carbons (Fsp3) is 0.250. The number of carbonyl (C=O) groups is 1. The maximum Gasteiger partial charge on any atom is 0.247 e. The van der Waals surface area contributed by atoms with Gasteiger partial charge in [0.2, 0.25) is 11.9 Å². The van der Waals surface area contributed by atoms with Crippen LogP contribution in [0.5, 0.6) is 11.5 Å². The second-order valence-corrected chi connectivity index (χ2v) is 10.6. The number of nitrogens with zero attached hydrogens (tertiary/aromatic N) is 5. The Bertz CT molecular complexity index is 1600. The van der Waals surface area contributed by atoms with E-state index in [0.29, 0.717) is 46.3 Å². The van der Waals surface area contributed by atoms with Crippen LogP contribution in [-0.4, -0.2) is 66.1 Å². The lowest BCUT2D eigenvalue weighted by Crippen LogP contribution is -2.29. The summed E-state index contributed by atoms with van der Waals surface area (Å²) in [5, 5.41) is 9.90. The van der Waals surface area contributed by atoms with Crippen LogP contribution in [0.15, 0.2) is 79.6 Å². The number of methoxy groups -OCH3 is 1. The Labute approximate surface area is 261 Å². The number of amides is 1. The summed E-state index contributed by atoms with van der Waals surface area (Å²) in [6.07, 6.45) is 5.62. The quantitative estimate of drug-likeness (QED) is 0.177. The molecule has 12 heteroatoms. The highest BCUT2D eigenvalue weighted by Gasteiger charge is 2.20. The van der Waals surface area contributed by atoms with Crippen LogP contribution in [0.4, 0.5) is 34.5 Å². The van der Waals surface area contributed by atoms with Gasteiger partial charge in [0.15, 0.2) is 0 Å². The highest BCUT2D eigenvalue weighted by atomic mass is 35.5. The van der Waals surface area contributed by atoms with Gasteiger partial charge < -0.3 is 35.2 Å². The first-order valence-corrected chi connectivity index (χ1v) is 14.6. The molecule has 0 atom stereocenters. The van der Waals surface area contributed by atoms with Crippen LogP contribution < -0.4 is 30.3 Å². The highest BCUT2D eigenvalue weighted by Crippen LogP contribution is 2.39. The van der Waals surface area contributed by atoms with E-state index in [9.17, 15) is 4.79 Å². The van der Waals surface area contributed by atoms with Gasteiger partial charge in [-0.1, -0.05) is 24.2 Å². The summed E-state index contributed by atoms with van der Waals surface area (Å²) in [5.74, 6) is 1.72. The number of likely N-dealkylation sites (N-methyl/N-ethyl adjacent to an activating group) is 1. The minimum absolute atomic E-state index is 0.302. The standard InChI is InChI=1S/C32H35ClN8O3/c1-4-31(42)37-25-19-26(29(43-3)20-27(25)41-15-7-14-40(2)16-17-41)38-32-35-13-11-30(39-32)36-22-9-10-28(24(33)18-22)44-21-23-8-5-6-12-34-23/h4-6,8-13,18-20H,1,7,14-17,21H2,2-3H3,(H,37,42)(H2,35,36,38,39). The fourth-order valence-electron chi connectivity index (χ4n) is 4.76. The third-order valence-electron chi connectivity index (χ3n) is 7.03. The molecule has 3 N–H and O–H groups in total. The highest BCUT2D eigenvalue weighted by molar-refractivity contribution is 6.32. The Kier molecular flexibility index (Phi) is 10.1. The van der Waals surface area contributed by atoms with Gasteiger partial charge in [-0.3, -0.25) is 9.78 Å². The van der Waals surface area contributed by atoms with Crippen molar-refractivity contribution in [2.24, 2.45) is 0 Å². The molecule has 228 valence electrons. The van der Waals surface area contributed by atoms with E-state index in [1.54, 1.807) is 37.7 Å². The number of rotatable bonds is 11. The van der Waals surface area contributed by atoms with Crippen molar-refractivity contribution in [3.63, 3.8) is 0 Å². The van der Waals surface area contributed by atoms with Crippen molar-refractivity contribution in [1.82, 2.24) is 19.9 Å². The van der Waals surface area contributed by atoms with E-state index in [0.717, 1.165) is 49.7 Å². The first-order chi connectivity index (χ1) is 21.4. The molecule has 1 aliphatic heterocycles. The molecule has 2 aromatic carbocycles. The topological polar surface area (TPSA) is 117 Å². The molecule has 5 rings (SSSR count). The van der Waals surface area contributed by atoms with E-state index >= 15 is 0 Å². The average Bonchev–Trinajstić information content (AvgIpc) is 3.25. The fourth-order valence-corrected chi connectivity index (χ4v) is 4.99. The molecule has 0 unspecified atom stereocenters. The SMILES string of the molecule is C=CC(=O)Nc1cc(Nc2nccc(Nc3ccc(OCc4ccccn4)c(Cl)c3)n2)c(OC)cc1N1CCCN(C)CC1. The van der Waals surface area contributed by atoms with Gasteiger partial charge in [-0.25, -0.2) is 4.98 Å². The predicted octanol–water partition coefficient (Wildman–Crippen LogP) is 5.87. The third kappa shape index (κ3) is 7.94. The molecule has 3 heterocycles. The number of pyridine rings is 1. The van der Waals surface area contributed by atoms with E-state index in [1.807, 2.05) is 36.4 Å². The van der Waals surface area contributed by atoms with Crippen molar-refractivity contribution in [2.45, 2.75) is 13.0 Å². The van der Waals surface area contributed by atoms with E-state index < -0.39 is 0 Å². The van der Waals surface area contributed by atoms with E-state index in [4.69, 9.17) is 21.1 Å². The van der Waals surface area contributed by atoms with Crippen LogP contribution in [0, 0.1) is 0 Å². The number of aromatic nitrogens is 3. The molecule has 0 radical (unpaired) electrons. The number of hydrogen-bond acceptors (Lipinski definition) is 10. The van der Waals surface area contributed by atoms with Gasteiger partial charge in [0.05, 0.1) is 34.9 Å². The summed E-state index contributed by atoms with van der Waals surface area (Å²) in [4.78, 5) is 30.2. The lowest BCUT2D eigenvalue weighted by molar-refractivity contribution is -0.111. The zero-order chi connectivity index (χ0) is 30.9. The van der Waals surface area contributed by atoms with Crippen LogP contribution in [0.1, 0.15) is 12.1 Å². The van der Waals surface area contributed by atoms with Gasteiger partial charge in [-0.2, -0.15) is 4.98 Å². The smallest absolute Gasteiger partial charge is 0.247 e. The number of hydrogen-bond donors (Lipinski definition) is 3. The lowest BCUT2D eigenvalue weighted by Gasteiger charge is -2.27. The Morgan fingerprint density at radius 1 is 1.00 bits per heavy atom. The molecule has 2 aromatic heterocycles. The van der Waals surface area contributed by atoms with E-state index in [-0.39, 0.29) is 5.91 Å². The summed E-state index contributed by atoms with van der Waals surface area (Å²) >= 11 is 6.49. The molecule has 1 amide bonds. The van der Waals surface area contributed by atoms with Crippen LogP contribution >= 0.6 is 11.6 Å². The number of nitrogens with one attached hydrogen (secondary N) is 3. The van der Waals surface area contributed by atoms with Gasteiger partial charge >= 0.3 is 0 Å². The Hall–Kier alpha value is -4.87. The van der Waals surface area contributed by atoms with E-state index in [2.05, 4.69) is 54.3 Å². The van der Waals surface area contributed by atoms with Crippen LogP contribution in [0.2, 0.25) is 5.02 Å². The Morgan fingerprint density at radius 2 is 1.89 bits per heavy atom. The van der Waals surface area contributed by atoms with Crippen molar-refractivity contribution in [1.29, 1.82) is 0 Å². The largest absolute Gasteiger partial charge is 0.494 e. The third-order valence-corrected chi connectivity index (χ3v) is 7.32. The zero-order valence-corrected chi connectivity index (χ0v) is 25.5. The average molecular weight is 615 g/mol. The summed E-state index contributed by atoms with van der Waals surface area (Å²) in [7, 11) is 3.72. The van der Waals surface area contributed by atoms with Crippen molar-refractivity contribution >= 4 is 52.0 Å². The monoisotopic (exact) mass is 614 g/mol. The molecule has 1 aliphatic rings. The number of halogens is 1. The summed E-state index contributed by atoms with van der Waals surface area (Å²) in [6.45, 7) is 7.52. The molecule has 1 saturated heterocycles.